The minimum Gasteiger partial charge on any atom is -0.495 e. The standard InChI is InChI=1S/C55H61F4N9O7S/c1-36-53(37(2)75-62-36)39-13-16-51(69)65(28-39)27-38-8-5-10-42(24-38)74-32-52(70)66-33-54(34-66)18-22-64(23-19-54)41-29-67(30-41)76(71,72)43-14-15-48(50(26-43)73-4)60-20-7-9-40-25-44-46(61-47-17-21-63(3)31-45(47)56)11-6-12-49(44)68(40)35-55(57,58)59/h5-6,8,10-16,24-26,28,41,45,47,60-61H,17-23,27,29-35H2,1-4H3/t45-,47+/m0/s1. The van der Waals surface area contributed by atoms with Gasteiger partial charge < -0.3 is 43.6 Å². The number of likely N-dealkylation sites (tertiary alicyclic amines) is 3. The average molecular weight is 1070 g/mol. The normalized spacial score (nSPS) is 19.4. The first kappa shape index (κ1) is 52.6. The summed E-state index contributed by atoms with van der Waals surface area (Å²) in [6.07, 6.45) is -1.53. The van der Waals surface area contributed by atoms with Crippen molar-refractivity contribution in [1.82, 2.24) is 33.3 Å². The van der Waals surface area contributed by atoms with Crippen LogP contribution < -0.4 is 25.7 Å². The summed E-state index contributed by atoms with van der Waals surface area (Å²) in [5.41, 5.74) is 4.61. The largest absolute Gasteiger partial charge is 0.495 e. The Hall–Kier alpha value is -6.86. The van der Waals surface area contributed by atoms with E-state index >= 15 is 0 Å². The maximum Gasteiger partial charge on any atom is 0.406 e. The van der Waals surface area contributed by atoms with E-state index in [0.717, 1.165) is 52.9 Å². The van der Waals surface area contributed by atoms with Crippen LogP contribution in [0.25, 0.3) is 22.0 Å². The van der Waals surface area contributed by atoms with Crippen molar-refractivity contribution in [2.24, 2.45) is 5.41 Å². The number of carbonyl (C=O) groups excluding carboxylic acids is 1. The van der Waals surface area contributed by atoms with E-state index < -0.39 is 35.0 Å². The number of amides is 1. The number of ether oxygens (including phenoxy) is 2. The Balaban J connectivity index is 0.685. The number of piperidine rings is 2. The molecule has 2 N–H and O–H groups in total. The van der Waals surface area contributed by atoms with Crippen LogP contribution in [0.5, 0.6) is 11.5 Å². The molecule has 1 spiro atoms. The van der Waals surface area contributed by atoms with Gasteiger partial charge in [0.2, 0.25) is 10.0 Å². The maximum atomic E-state index is 14.9. The topological polar surface area (TPSA) is 160 Å². The van der Waals surface area contributed by atoms with Gasteiger partial charge in [0.1, 0.15) is 30.0 Å². The first-order chi connectivity index (χ1) is 36.3. The molecule has 76 heavy (non-hydrogen) atoms. The average Bonchev–Trinajstić information content (AvgIpc) is 3.90. The summed E-state index contributed by atoms with van der Waals surface area (Å²) < 4.78 is 105. The summed E-state index contributed by atoms with van der Waals surface area (Å²) in [6, 6.07) is 21.3. The van der Waals surface area contributed by atoms with Gasteiger partial charge in [-0.1, -0.05) is 29.3 Å². The monoisotopic (exact) mass is 1070 g/mol. The molecule has 3 aromatic heterocycles. The quantitative estimate of drug-likeness (QED) is 0.0804. The van der Waals surface area contributed by atoms with Gasteiger partial charge in [0, 0.05) is 91.3 Å². The third-order valence-corrected chi connectivity index (χ3v) is 17.1. The zero-order chi connectivity index (χ0) is 53.5. The van der Waals surface area contributed by atoms with E-state index in [0.29, 0.717) is 79.5 Å². The maximum absolute atomic E-state index is 14.9. The number of nitrogens with one attached hydrogen (secondary N) is 2. The van der Waals surface area contributed by atoms with Crippen molar-refractivity contribution in [2.45, 2.75) is 75.5 Å². The minimum absolute atomic E-state index is 0.0129. The van der Waals surface area contributed by atoms with Crippen LogP contribution in [-0.4, -0.2) is 152 Å². The first-order valence-electron chi connectivity index (χ1n) is 25.4. The Morgan fingerprint density at radius 3 is 2.46 bits per heavy atom. The van der Waals surface area contributed by atoms with Crippen molar-refractivity contribution in [2.75, 3.05) is 90.3 Å². The summed E-state index contributed by atoms with van der Waals surface area (Å²) in [7, 11) is -0.580. The SMILES string of the molecule is COc1cc(S(=O)(=O)N2CC(N3CCC4(CC3)CN(C(=O)COc3cccc(Cn5cc(-c6c(C)noc6C)ccc5=O)c3)C4)C2)ccc1NCC#Cc1cc2c(N[C@@H]3CCN(C)C[C@@H]3F)cccc2n1CC(F)(F)F. The van der Waals surface area contributed by atoms with Crippen LogP contribution >= 0.6 is 0 Å². The second-order valence-electron chi connectivity index (χ2n) is 20.6. The van der Waals surface area contributed by atoms with Crippen molar-refractivity contribution in [3.05, 3.63) is 118 Å². The lowest BCUT2D eigenvalue weighted by Gasteiger charge is -2.56. The number of fused-ring (bicyclic) bond motifs is 1. The lowest BCUT2D eigenvalue weighted by molar-refractivity contribution is -0.150. The molecule has 0 saturated carbocycles. The highest BCUT2D eigenvalue weighted by Gasteiger charge is 2.49. The third-order valence-electron chi connectivity index (χ3n) is 15.3. The van der Waals surface area contributed by atoms with Gasteiger partial charge in [0.15, 0.2) is 6.61 Å². The zero-order valence-corrected chi connectivity index (χ0v) is 43.6. The number of alkyl halides is 4. The summed E-state index contributed by atoms with van der Waals surface area (Å²) in [4.78, 5) is 32.2. The lowest BCUT2D eigenvalue weighted by Crippen LogP contribution is -2.66. The molecule has 16 nitrogen and oxygen atoms in total. The highest BCUT2D eigenvalue weighted by atomic mass is 32.2. The van der Waals surface area contributed by atoms with E-state index in [1.54, 1.807) is 53.2 Å². The number of aryl methyl sites for hydroxylation is 2. The van der Waals surface area contributed by atoms with E-state index in [2.05, 4.69) is 32.5 Å². The predicted octanol–water partition coefficient (Wildman–Crippen LogP) is 6.99. The predicted molar refractivity (Wildman–Crippen MR) is 280 cm³/mol. The Labute approximate surface area is 438 Å². The lowest BCUT2D eigenvalue weighted by atomic mass is 9.71. The van der Waals surface area contributed by atoms with E-state index in [1.807, 2.05) is 48.9 Å². The number of carbonyl (C=O) groups is 1. The van der Waals surface area contributed by atoms with E-state index in [9.17, 15) is 35.6 Å². The minimum atomic E-state index is -4.52. The Morgan fingerprint density at radius 1 is 0.961 bits per heavy atom. The van der Waals surface area contributed by atoms with Gasteiger partial charge in [0.05, 0.1) is 53.7 Å². The van der Waals surface area contributed by atoms with Crippen LogP contribution in [0.3, 0.4) is 0 Å². The molecule has 4 aliphatic rings. The molecule has 1 amide bonds. The van der Waals surface area contributed by atoms with Crippen LogP contribution in [0.15, 0.2) is 99.3 Å². The van der Waals surface area contributed by atoms with E-state index in [-0.39, 0.29) is 59.0 Å². The number of methoxy groups -OCH3 is 1. The number of anilines is 2. The first-order valence-corrected chi connectivity index (χ1v) is 26.9. The molecule has 6 aromatic rings. The molecule has 0 unspecified atom stereocenters. The number of halogens is 4. The Bertz CT molecular complexity index is 3340. The van der Waals surface area contributed by atoms with Crippen LogP contribution in [0.4, 0.5) is 28.9 Å². The second-order valence-corrected chi connectivity index (χ2v) is 22.5. The third kappa shape index (κ3) is 11.2. The fourth-order valence-corrected chi connectivity index (χ4v) is 12.5. The zero-order valence-electron chi connectivity index (χ0n) is 42.8. The van der Waals surface area contributed by atoms with Gasteiger partial charge in [0.25, 0.3) is 11.5 Å². The molecule has 402 valence electrons. The highest BCUT2D eigenvalue weighted by molar-refractivity contribution is 7.89. The van der Waals surface area contributed by atoms with Gasteiger partial charge in [-0.3, -0.25) is 14.5 Å². The number of benzene rings is 3. The number of aromatic nitrogens is 3. The van der Waals surface area contributed by atoms with Crippen molar-refractivity contribution in [3.63, 3.8) is 0 Å². The number of pyridine rings is 1. The Kier molecular flexibility index (Phi) is 14.7. The molecule has 0 aliphatic carbocycles. The number of sulfonamides is 1. The molecule has 0 bridgehead atoms. The van der Waals surface area contributed by atoms with Crippen LogP contribution in [0.2, 0.25) is 0 Å². The van der Waals surface area contributed by atoms with Crippen molar-refractivity contribution in [3.8, 4) is 34.5 Å². The second kappa shape index (κ2) is 21.3. The van der Waals surface area contributed by atoms with Gasteiger partial charge in [-0.25, -0.2) is 12.8 Å². The number of rotatable bonds is 15. The molecule has 21 heteroatoms. The molecule has 4 fully saturated rings. The van der Waals surface area contributed by atoms with Gasteiger partial charge in [-0.2, -0.15) is 17.5 Å². The molecule has 2 atom stereocenters. The van der Waals surface area contributed by atoms with Gasteiger partial charge in [-0.05, 0) is 113 Å². The number of nitrogens with zero attached hydrogens (tertiary/aromatic N) is 7. The molecule has 3 aromatic carbocycles. The van der Waals surface area contributed by atoms with Crippen LogP contribution in [0, 0.1) is 31.1 Å². The molecular formula is C55H61F4N9O7S. The number of hydrogen-bond donors (Lipinski definition) is 2. The molecular weight excluding hydrogens is 1010 g/mol. The molecule has 10 rings (SSSR count). The molecule has 4 aliphatic heterocycles. The van der Waals surface area contributed by atoms with Crippen molar-refractivity contribution < 1.29 is 44.8 Å². The fraction of sp³-hybridized carbons (Fsp3) is 0.436. The van der Waals surface area contributed by atoms with E-state index in [4.69, 9.17) is 14.0 Å². The molecule has 7 heterocycles. The van der Waals surface area contributed by atoms with Crippen molar-refractivity contribution >= 4 is 38.2 Å². The summed E-state index contributed by atoms with van der Waals surface area (Å²) >= 11 is 0. The Morgan fingerprint density at radius 2 is 1.74 bits per heavy atom. The summed E-state index contributed by atoms with van der Waals surface area (Å²) in [6.45, 7) is 7.20. The molecule has 4 saturated heterocycles. The summed E-state index contributed by atoms with van der Waals surface area (Å²) in [5.74, 6) is 7.17. The fourth-order valence-electron chi connectivity index (χ4n) is 11.0. The number of hydrogen-bond acceptors (Lipinski definition) is 12. The van der Waals surface area contributed by atoms with Gasteiger partial charge in [-0.15, -0.1) is 0 Å². The van der Waals surface area contributed by atoms with E-state index in [1.165, 1.54) is 29.6 Å². The summed E-state index contributed by atoms with van der Waals surface area (Å²) in [5, 5.41) is 10.9. The van der Waals surface area contributed by atoms with Crippen molar-refractivity contribution in [1.29, 1.82) is 0 Å². The smallest absolute Gasteiger partial charge is 0.406 e. The van der Waals surface area contributed by atoms with Gasteiger partial charge >= 0.3 is 6.18 Å². The molecule has 0 radical (unpaired) electrons. The van der Waals surface area contributed by atoms with Crippen LogP contribution in [-0.2, 0) is 27.9 Å². The highest BCUT2D eigenvalue weighted by Crippen LogP contribution is 2.42. The van der Waals surface area contributed by atoms with Crippen LogP contribution in [0.1, 0.15) is 42.0 Å².